The molecule has 20 heteroatoms. The molecule has 3 saturated heterocycles. The van der Waals surface area contributed by atoms with Crippen molar-refractivity contribution in [2.75, 3.05) is 31.1 Å². The molecule has 0 unspecified atom stereocenters. The van der Waals surface area contributed by atoms with Crippen molar-refractivity contribution in [3.05, 3.63) is 50.9 Å². The Kier molecular flexibility index (Phi) is 9.33. The molecule has 2 aromatic rings. The van der Waals surface area contributed by atoms with E-state index < -0.39 is 47.3 Å². The number of carbonyl (C=O) groups is 4. The van der Waals surface area contributed by atoms with Crippen LogP contribution in [-0.4, -0.2) is 96.6 Å². The number of halogens is 1. The molecule has 0 saturated carbocycles. The van der Waals surface area contributed by atoms with Gasteiger partial charge in [-0.2, -0.15) is 9.36 Å². The minimum atomic E-state index is -1.09. The van der Waals surface area contributed by atoms with Crippen LogP contribution < -0.4 is 34.6 Å². The number of aromatic nitrogens is 2. The zero-order valence-electron chi connectivity index (χ0n) is 23.5. The monoisotopic (exact) mass is 681 g/mol. The van der Waals surface area contributed by atoms with Gasteiger partial charge in [0.25, 0.3) is 11.8 Å². The molecule has 6 rings (SSSR count). The van der Waals surface area contributed by atoms with Crippen molar-refractivity contribution < 1.29 is 50.4 Å². The van der Waals surface area contributed by atoms with Crippen molar-refractivity contribution in [2.24, 2.45) is 5.16 Å². The first-order valence-electron chi connectivity index (χ1n) is 13.4. The fourth-order valence-electron chi connectivity index (χ4n) is 5.41. The zero-order valence-corrected chi connectivity index (χ0v) is 25.9. The molecule has 3 amide bonds. The van der Waals surface area contributed by atoms with Crippen molar-refractivity contribution in [1.29, 1.82) is 0 Å². The highest BCUT2D eigenvalue weighted by Gasteiger charge is 2.55. The van der Waals surface area contributed by atoms with E-state index in [1.807, 2.05) is 4.90 Å². The van der Waals surface area contributed by atoms with Gasteiger partial charge in [-0.25, -0.2) is 9.59 Å². The molecular weight excluding hydrogens is 656 g/mol. The number of nitrogens with zero attached hydrogens (tertiary/aromatic N) is 5. The Morgan fingerprint density at radius 2 is 2.11 bits per heavy atom. The summed E-state index contributed by atoms with van der Waals surface area (Å²) in [7, 11) is 0. The maximum atomic E-state index is 13.5. The van der Waals surface area contributed by atoms with Crippen LogP contribution in [0.1, 0.15) is 30.2 Å². The Labute approximate surface area is 268 Å². The van der Waals surface area contributed by atoms with Gasteiger partial charge in [-0.15, -0.1) is 11.8 Å². The standard InChI is InChI=1S/C25H26N8O9S2.ClH/c1-10-14(42-25(38)41-10)8-40-23(37)17-12(6-11-3-5-32(20(11)35)13-2-4-27-7-13)9-43-22-16(21(36)33(17)22)28-19(34)15(30-39)18-29-24(26)44-31-18;/h6,13,16,22,27,39H,2-5,7-9H2,1H3,(H,28,34)(H2,26,29,31);1H/p-1/b11-6+,30-15-;/t13-,16-,22-;/m1./s1. The van der Waals surface area contributed by atoms with Gasteiger partial charge < -0.3 is 52.5 Å². The normalized spacial score (nSPS) is 24.1. The number of aryl methyl sites for hydroxylation is 1. The smallest absolute Gasteiger partial charge is 0.519 e. The van der Waals surface area contributed by atoms with Gasteiger partial charge in [0, 0.05) is 42.0 Å². The second-order valence-corrected chi connectivity index (χ2v) is 12.1. The van der Waals surface area contributed by atoms with E-state index in [0.29, 0.717) is 30.7 Å². The number of nitrogens with two attached hydrogens (primary N) is 1. The Morgan fingerprint density at radius 1 is 1.31 bits per heavy atom. The largest absolute Gasteiger partial charge is 1.00 e. The van der Waals surface area contributed by atoms with Crippen LogP contribution in [0.25, 0.3) is 0 Å². The van der Waals surface area contributed by atoms with Crippen LogP contribution in [0.4, 0.5) is 5.13 Å². The number of hydrogen-bond donors (Lipinski definition) is 4. The minimum absolute atomic E-state index is 0. The number of ether oxygens (including phenoxy) is 1. The van der Waals surface area contributed by atoms with Gasteiger partial charge in [0.1, 0.15) is 17.1 Å². The molecule has 3 atom stereocenters. The van der Waals surface area contributed by atoms with Crippen molar-refractivity contribution in [1.82, 2.24) is 29.8 Å². The summed E-state index contributed by atoms with van der Waals surface area (Å²) >= 11 is 2.06. The second-order valence-electron chi connectivity index (χ2n) is 10.2. The summed E-state index contributed by atoms with van der Waals surface area (Å²) in [4.78, 5) is 71.3. The van der Waals surface area contributed by atoms with Crippen LogP contribution in [0.5, 0.6) is 0 Å². The van der Waals surface area contributed by atoms with Crippen LogP contribution >= 0.6 is 23.3 Å². The van der Waals surface area contributed by atoms with Crippen molar-refractivity contribution >= 4 is 57.8 Å². The highest BCUT2D eigenvalue weighted by molar-refractivity contribution is 8.00. The van der Waals surface area contributed by atoms with Crippen LogP contribution in [0.3, 0.4) is 0 Å². The molecule has 6 heterocycles. The summed E-state index contributed by atoms with van der Waals surface area (Å²) in [5.41, 5.74) is 5.83. The van der Waals surface area contributed by atoms with E-state index in [1.54, 1.807) is 6.08 Å². The average Bonchev–Trinajstić information content (AvgIpc) is 3.80. The zero-order chi connectivity index (χ0) is 31.1. The molecule has 4 aliphatic heterocycles. The number of fused-ring (bicyclic) bond motifs is 1. The lowest BCUT2D eigenvalue weighted by atomic mass is 10.0. The van der Waals surface area contributed by atoms with E-state index in [-0.39, 0.29) is 58.3 Å². The summed E-state index contributed by atoms with van der Waals surface area (Å²) < 4.78 is 19.0. The Morgan fingerprint density at radius 3 is 2.76 bits per heavy atom. The van der Waals surface area contributed by atoms with Crippen LogP contribution in [0.2, 0.25) is 0 Å². The lowest BCUT2D eigenvalue weighted by Gasteiger charge is -2.49. The van der Waals surface area contributed by atoms with Crippen molar-refractivity contribution in [3.8, 4) is 0 Å². The van der Waals surface area contributed by atoms with E-state index >= 15 is 0 Å². The summed E-state index contributed by atoms with van der Waals surface area (Å²) in [6.45, 7) is 3.12. The number of anilines is 1. The highest BCUT2D eigenvalue weighted by Crippen LogP contribution is 2.42. The molecule has 3 fully saturated rings. The lowest BCUT2D eigenvalue weighted by molar-refractivity contribution is -0.153. The van der Waals surface area contributed by atoms with E-state index in [2.05, 4.69) is 25.1 Å². The molecule has 0 aromatic carbocycles. The van der Waals surface area contributed by atoms with Crippen molar-refractivity contribution in [2.45, 2.75) is 43.8 Å². The average molecular weight is 682 g/mol. The Bertz CT molecular complexity index is 1690. The predicted octanol–water partition coefficient (Wildman–Crippen LogP) is -3.92. The molecule has 4 aliphatic rings. The third-order valence-corrected chi connectivity index (χ3v) is 9.44. The first kappa shape index (κ1) is 32.2. The number of likely N-dealkylation sites (tertiary alicyclic amines) is 1. The summed E-state index contributed by atoms with van der Waals surface area (Å²) in [5, 5.41) is 17.4. The molecule has 5 N–H and O–H groups in total. The summed E-state index contributed by atoms with van der Waals surface area (Å²) in [5.74, 6) is -3.41. The molecular formula is C25H26ClN8O9S2-. The van der Waals surface area contributed by atoms with E-state index in [1.165, 1.54) is 23.6 Å². The van der Waals surface area contributed by atoms with E-state index in [9.17, 15) is 29.2 Å². The van der Waals surface area contributed by atoms with Gasteiger partial charge in [-0.3, -0.25) is 19.3 Å². The van der Waals surface area contributed by atoms with Gasteiger partial charge in [0.2, 0.25) is 17.4 Å². The summed E-state index contributed by atoms with van der Waals surface area (Å²) in [6.07, 6.45) is 2.95. The fourth-order valence-corrected chi connectivity index (χ4v) is 7.15. The quantitative estimate of drug-likeness (QED) is 0.0520. The molecule has 0 spiro atoms. The number of nitrogens with one attached hydrogen (secondary N) is 2. The number of thioether (sulfide) groups is 1. The number of allylic oxidation sites excluding steroid dienone is 1. The molecule has 0 aliphatic carbocycles. The fraction of sp³-hybridized carbons (Fsp3) is 0.440. The van der Waals surface area contributed by atoms with Crippen LogP contribution in [0, 0.1) is 6.92 Å². The van der Waals surface area contributed by atoms with Gasteiger partial charge in [0.15, 0.2) is 23.3 Å². The maximum absolute atomic E-state index is 13.5. The number of β-lactam (4-membered cyclic amide) rings is 1. The maximum Gasteiger partial charge on any atom is 0.519 e. The Hall–Kier alpha value is -4.20. The number of nitrogen functional groups attached to an aromatic ring is 1. The van der Waals surface area contributed by atoms with Crippen LogP contribution in [-0.2, 0) is 30.5 Å². The number of carbonyl (C=O) groups excluding carboxylic acids is 4. The molecule has 17 nitrogen and oxygen atoms in total. The number of hydrogen-bond acceptors (Lipinski definition) is 16. The highest BCUT2D eigenvalue weighted by atomic mass is 35.5. The lowest BCUT2D eigenvalue weighted by Crippen LogP contribution is -3.00. The molecule has 0 radical (unpaired) electrons. The number of rotatable bonds is 8. The van der Waals surface area contributed by atoms with E-state index in [0.717, 1.165) is 24.5 Å². The molecule has 45 heavy (non-hydrogen) atoms. The molecule has 240 valence electrons. The van der Waals surface area contributed by atoms with Gasteiger partial charge in [0.05, 0.1) is 0 Å². The topological polar surface area (TPSA) is 236 Å². The van der Waals surface area contributed by atoms with Gasteiger partial charge in [-0.1, -0.05) is 5.16 Å². The second kappa shape index (κ2) is 13.0. The Balaban J connectivity index is 0.00000400. The van der Waals surface area contributed by atoms with Gasteiger partial charge >= 0.3 is 11.8 Å². The van der Waals surface area contributed by atoms with Crippen LogP contribution in [0.15, 0.2) is 41.7 Å². The SMILES string of the molecule is Cc1oc(=O)oc1COC(=O)C1=C(/C=C2\CCN([C@@H]3CCNC3)C2=O)CS[C@@H]2[C@H](NC(=O)/C(=N\O)c3nsc(N)n3)C(=O)N12.[Cl-]. The third-order valence-electron chi connectivity index (χ3n) is 7.60. The molecule has 2 aromatic heterocycles. The predicted molar refractivity (Wildman–Crippen MR) is 152 cm³/mol. The minimum Gasteiger partial charge on any atom is -1.00 e. The third kappa shape index (κ3) is 6.07. The van der Waals surface area contributed by atoms with E-state index in [4.69, 9.17) is 19.3 Å². The number of esters is 1. The van der Waals surface area contributed by atoms with Gasteiger partial charge in [-0.05, 0) is 38.0 Å². The number of amides is 3. The first-order valence-corrected chi connectivity index (χ1v) is 15.3. The van der Waals surface area contributed by atoms with Crippen molar-refractivity contribution in [3.63, 3.8) is 0 Å². The molecule has 0 bridgehead atoms. The summed E-state index contributed by atoms with van der Waals surface area (Å²) in [6, 6.07) is -1.00. The first-order chi connectivity index (χ1) is 21.2. The number of oxime groups is 1.